The van der Waals surface area contributed by atoms with E-state index in [9.17, 15) is 17.6 Å². The molecule has 0 aliphatic heterocycles. The van der Waals surface area contributed by atoms with E-state index in [1.807, 2.05) is 30.3 Å². The fourth-order valence-corrected chi connectivity index (χ4v) is 3.81. The molecule has 0 atom stereocenters. The Hall–Kier alpha value is -3.85. The van der Waals surface area contributed by atoms with E-state index in [2.05, 4.69) is 23.5 Å². The first-order chi connectivity index (χ1) is 16.8. The van der Waals surface area contributed by atoms with Crippen LogP contribution in [0.4, 0.5) is 22.0 Å². The topological polar surface area (TPSA) is 9.23 Å². The van der Waals surface area contributed by atoms with Crippen LogP contribution in [0.5, 0.6) is 5.75 Å². The van der Waals surface area contributed by atoms with Gasteiger partial charge in [-0.3, -0.25) is 0 Å². The second kappa shape index (κ2) is 10.6. The molecule has 178 valence electrons. The van der Waals surface area contributed by atoms with Crippen LogP contribution in [-0.4, -0.2) is 6.61 Å². The molecule has 0 heterocycles. The Balaban J connectivity index is 1.51. The third-order valence-electron chi connectivity index (χ3n) is 5.70. The third kappa shape index (κ3) is 5.81. The predicted molar refractivity (Wildman–Crippen MR) is 126 cm³/mol. The summed E-state index contributed by atoms with van der Waals surface area (Å²) < 4.78 is 71.4. The Morgan fingerprint density at radius 2 is 1.40 bits per heavy atom. The lowest BCUT2D eigenvalue weighted by Gasteiger charge is -2.10. The average molecular weight is 480 g/mol. The summed E-state index contributed by atoms with van der Waals surface area (Å²) in [6.45, 7) is -1.25. The van der Waals surface area contributed by atoms with Gasteiger partial charge in [-0.05, 0) is 77.7 Å². The minimum absolute atomic E-state index is 0.117. The SMILES string of the molecule is CCc1ccc(C#Cc2ccc3c(F)c(CCc4cc(F)c(OC(F)F)c(F)c4)ccc3c2)cc1. The second-order valence-electron chi connectivity index (χ2n) is 8.04. The Bertz CT molecular complexity index is 1390. The number of hydrogen-bond acceptors (Lipinski definition) is 1. The summed E-state index contributed by atoms with van der Waals surface area (Å²) >= 11 is 0. The molecular formula is C29H21F5O. The monoisotopic (exact) mass is 480 g/mol. The van der Waals surface area contributed by atoms with Gasteiger partial charge in [-0.25, -0.2) is 13.2 Å². The van der Waals surface area contributed by atoms with E-state index in [4.69, 9.17) is 0 Å². The highest BCUT2D eigenvalue weighted by molar-refractivity contribution is 5.85. The van der Waals surface area contributed by atoms with Gasteiger partial charge in [0, 0.05) is 16.5 Å². The standard InChI is InChI=1S/C29H21F5O/c1-2-18-3-5-19(6-4-18)7-8-20-10-14-24-23(15-20)13-12-22(27(24)32)11-9-21-16-25(30)28(26(31)17-21)35-29(33)34/h3-6,10,12-17,29H,2,9,11H2,1H3. The van der Waals surface area contributed by atoms with E-state index in [0.29, 0.717) is 16.3 Å². The van der Waals surface area contributed by atoms with Gasteiger partial charge in [0.1, 0.15) is 5.82 Å². The summed E-state index contributed by atoms with van der Waals surface area (Å²) in [4.78, 5) is 0. The van der Waals surface area contributed by atoms with Crippen LogP contribution >= 0.6 is 0 Å². The van der Waals surface area contributed by atoms with Crippen molar-refractivity contribution in [3.63, 3.8) is 0 Å². The lowest BCUT2D eigenvalue weighted by Crippen LogP contribution is -2.06. The van der Waals surface area contributed by atoms with Gasteiger partial charge in [0.05, 0.1) is 0 Å². The summed E-state index contributed by atoms with van der Waals surface area (Å²) in [6, 6.07) is 18.5. The lowest BCUT2D eigenvalue weighted by molar-refractivity contribution is -0.0546. The Morgan fingerprint density at radius 3 is 2.06 bits per heavy atom. The number of aryl methyl sites for hydroxylation is 3. The van der Waals surface area contributed by atoms with Gasteiger partial charge in [0.2, 0.25) is 0 Å². The second-order valence-corrected chi connectivity index (χ2v) is 8.04. The van der Waals surface area contributed by atoms with Gasteiger partial charge in [0.25, 0.3) is 0 Å². The van der Waals surface area contributed by atoms with Crippen LogP contribution in [0.3, 0.4) is 0 Å². The van der Waals surface area contributed by atoms with E-state index in [1.54, 1.807) is 24.3 Å². The lowest BCUT2D eigenvalue weighted by atomic mass is 9.99. The molecule has 0 unspecified atom stereocenters. The molecule has 1 nitrogen and oxygen atoms in total. The van der Waals surface area contributed by atoms with Crippen LogP contribution in [0.25, 0.3) is 10.8 Å². The molecule has 0 N–H and O–H groups in total. The van der Waals surface area contributed by atoms with Crippen molar-refractivity contribution in [3.05, 3.63) is 112 Å². The van der Waals surface area contributed by atoms with Gasteiger partial charge >= 0.3 is 6.61 Å². The summed E-state index contributed by atoms with van der Waals surface area (Å²) in [7, 11) is 0. The minimum atomic E-state index is -3.34. The molecule has 0 aliphatic rings. The molecule has 0 bridgehead atoms. The third-order valence-corrected chi connectivity index (χ3v) is 5.70. The molecule has 4 rings (SSSR count). The van der Waals surface area contributed by atoms with Crippen molar-refractivity contribution in [2.24, 2.45) is 0 Å². The van der Waals surface area contributed by atoms with Crippen molar-refractivity contribution in [1.82, 2.24) is 0 Å². The summed E-state index contributed by atoms with van der Waals surface area (Å²) in [6.07, 6.45) is 1.25. The molecule has 0 saturated heterocycles. The predicted octanol–water partition coefficient (Wildman–Crippen LogP) is 7.61. The van der Waals surface area contributed by atoms with Gasteiger partial charge in [-0.15, -0.1) is 0 Å². The Kier molecular flexibility index (Phi) is 7.36. The zero-order valence-corrected chi connectivity index (χ0v) is 18.8. The first-order valence-corrected chi connectivity index (χ1v) is 11.1. The van der Waals surface area contributed by atoms with E-state index in [0.717, 1.165) is 29.7 Å². The fourth-order valence-electron chi connectivity index (χ4n) is 3.81. The van der Waals surface area contributed by atoms with E-state index in [-0.39, 0.29) is 18.4 Å². The molecule has 0 aromatic heterocycles. The largest absolute Gasteiger partial charge is 0.429 e. The molecule has 0 saturated carbocycles. The van der Waals surface area contributed by atoms with Crippen molar-refractivity contribution in [3.8, 4) is 17.6 Å². The number of hydrogen-bond donors (Lipinski definition) is 0. The van der Waals surface area contributed by atoms with Crippen molar-refractivity contribution in [2.45, 2.75) is 32.8 Å². The zero-order valence-electron chi connectivity index (χ0n) is 18.8. The van der Waals surface area contributed by atoms with E-state index >= 15 is 4.39 Å². The number of ether oxygens (including phenoxy) is 1. The first-order valence-electron chi connectivity index (χ1n) is 11.1. The highest BCUT2D eigenvalue weighted by Crippen LogP contribution is 2.27. The number of halogens is 5. The van der Waals surface area contributed by atoms with E-state index in [1.165, 1.54) is 5.56 Å². The van der Waals surface area contributed by atoms with Crippen molar-refractivity contribution >= 4 is 10.8 Å². The number of alkyl halides is 2. The molecule has 6 heteroatoms. The number of benzene rings is 4. The maximum absolute atomic E-state index is 15.1. The summed E-state index contributed by atoms with van der Waals surface area (Å²) in [5, 5.41) is 1.10. The average Bonchev–Trinajstić information content (AvgIpc) is 2.84. The number of rotatable bonds is 6. The summed E-state index contributed by atoms with van der Waals surface area (Å²) in [5.74, 6) is 2.20. The molecule has 0 fully saturated rings. The molecule has 4 aromatic rings. The highest BCUT2D eigenvalue weighted by atomic mass is 19.3. The van der Waals surface area contributed by atoms with Crippen LogP contribution in [0.2, 0.25) is 0 Å². The molecule has 35 heavy (non-hydrogen) atoms. The van der Waals surface area contributed by atoms with Crippen molar-refractivity contribution in [2.75, 3.05) is 0 Å². The fraction of sp³-hybridized carbons (Fsp3) is 0.172. The van der Waals surface area contributed by atoms with Crippen molar-refractivity contribution < 1.29 is 26.7 Å². The van der Waals surface area contributed by atoms with Crippen molar-refractivity contribution in [1.29, 1.82) is 0 Å². The number of fused-ring (bicyclic) bond motifs is 1. The molecule has 0 radical (unpaired) electrons. The van der Waals surface area contributed by atoms with Gasteiger partial charge in [-0.2, -0.15) is 8.78 Å². The molecular weight excluding hydrogens is 459 g/mol. The van der Waals surface area contributed by atoms with E-state index < -0.39 is 29.8 Å². The quantitative estimate of drug-likeness (QED) is 0.204. The van der Waals surface area contributed by atoms with Gasteiger partial charge in [-0.1, -0.05) is 49.1 Å². The van der Waals surface area contributed by atoms with Crippen LogP contribution in [0.1, 0.15) is 34.7 Å². The normalized spacial score (nSPS) is 10.9. The van der Waals surface area contributed by atoms with Crippen LogP contribution in [-0.2, 0) is 19.3 Å². The van der Waals surface area contributed by atoms with Gasteiger partial charge in [0.15, 0.2) is 17.4 Å². The molecule has 0 aliphatic carbocycles. The Morgan fingerprint density at radius 1 is 0.743 bits per heavy atom. The summed E-state index contributed by atoms with van der Waals surface area (Å²) in [5.41, 5.74) is 3.46. The highest BCUT2D eigenvalue weighted by Gasteiger charge is 2.17. The molecule has 0 amide bonds. The molecule has 0 spiro atoms. The van der Waals surface area contributed by atoms with Crippen LogP contribution in [0.15, 0.2) is 66.7 Å². The first kappa shape index (κ1) is 24.3. The minimum Gasteiger partial charge on any atom is -0.429 e. The zero-order chi connectivity index (χ0) is 24.9. The smallest absolute Gasteiger partial charge is 0.387 e. The van der Waals surface area contributed by atoms with Gasteiger partial charge < -0.3 is 4.74 Å². The maximum Gasteiger partial charge on any atom is 0.387 e. The molecule has 4 aromatic carbocycles. The van der Waals surface area contributed by atoms with Crippen LogP contribution in [0, 0.1) is 29.3 Å². The van der Waals surface area contributed by atoms with Crippen LogP contribution < -0.4 is 4.74 Å². The maximum atomic E-state index is 15.1. The Labute approximate surface area is 200 Å².